The number of nitrogens with zero attached hydrogens (tertiary/aromatic N) is 2. The zero-order chi connectivity index (χ0) is 14.9. The number of aromatic nitrogens is 1. The summed E-state index contributed by atoms with van der Waals surface area (Å²) in [6.45, 7) is 2.11. The smallest absolute Gasteiger partial charge is 0.242 e. The van der Waals surface area contributed by atoms with Crippen LogP contribution in [0.1, 0.15) is 32.6 Å². The van der Waals surface area contributed by atoms with Crippen LogP contribution in [0.4, 0.5) is 0 Å². The molecule has 1 saturated carbocycles. The van der Waals surface area contributed by atoms with E-state index in [1.165, 1.54) is 23.0 Å². The lowest BCUT2D eigenvalue weighted by Crippen LogP contribution is -2.42. The van der Waals surface area contributed by atoms with Crippen LogP contribution in [0.3, 0.4) is 0 Å². The summed E-state index contributed by atoms with van der Waals surface area (Å²) in [4.78, 5) is 3.97. The molecule has 20 heavy (non-hydrogen) atoms. The molecule has 2 unspecified atom stereocenters. The summed E-state index contributed by atoms with van der Waals surface area (Å²) in [6.07, 6.45) is 5.69. The summed E-state index contributed by atoms with van der Waals surface area (Å²) in [7, 11) is -1.98. The van der Waals surface area contributed by atoms with Gasteiger partial charge in [-0.15, -0.1) is 0 Å². The van der Waals surface area contributed by atoms with Gasteiger partial charge < -0.3 is 0 Å². The first-order chi connectivity index (χ1) is 9.34. The Balaban J connectivity index is 2.36. The van der Waals surface area contributed by atoms with Crippen molar-refractivity contribution in [2.45, 2.75) is 43.5 Å². The number of hydrogen-bond acceptors (Lipinski definition) is 3. The van der Waals surface area contributed by atoms with Crippen LogP contribution in [0, 0.1) is 5.92 Å². The van der Waals surface area contributed by atoms with Gasteiger partial charge in [0.25, 0.3) is 0 Å². The van der Waals surface area contributed by atoms with E-state index in [-0.39, 0.29) is 16.1 Å². The van der Waals surface area contributed by atoms with Gasteiger partial charge in [0.2, 0.25) is 10.0 Å². The largest absolute Gasteiger partial charge is 0.246 e. The van der Waals surface area contributed by atoms with Gasteiger partial charge in [-0.2, -0.15) is 4.31 Å². The van der Waals surface area contributed by atoms with Gasteiger partial charge in [0.1, 0.15) is 10.0 Å². The van der Waals surface area contributed by atoms with Gasteiger partial charge in [0, 0.05) is 23.8 Å². The average Bonchev–Trinajstić information content (AvgIpc) is 2.41. The van der Waals surface area contributed by atoms with E-state index >= 15 is 0 Å². The van der Waals surface area contributed by atoms with Crippen LogP contribution in [-0.2, 0) is 10.0 Å². The minimum absolute atomic E-state index is 0.0171. The van der Waals surface area contributed by atoms with Crippen molar-refractivity contribution in [3.63, 3.8) is 0 Å². The van der Waals surface area contributed by atoms with Gasteiger partial charge in [0.05, 0.1) is 0 Å². The van der Waals surface area contributed by atoms with Crippen molar-refractivity contribution in [2.24, 2.45) is 5.92 Å². The minimum atomic E-state index is -3.62. The van der Waals surface area contributed by atoms with Gasteiger partial charge in [-0.3, -0.25) is 0 Å². The second-order valence-corrected chi connectivity index (χ2v) is 8.53. The third kappa shape index (κ3) is 3.18. The molecule has 1 fully saturated rings. The Hall–Kier alpha value is -0.170. The summed E-state index contributed by atoms with van der Waals surface area (Å²) in [5.74, 6) is 0.363. The molecular weight excluding hydrogens is 364 g/mol. The zero-order valence-corrected chi connectivity index (χ0v) is 14.7. The summed E-state index contributed by atoms with van der Waals surface area (Å²) in [5.41, 5.74) is 0. The Bertz CT molecular complexity index is 594. The molecule has 7 heteroatoms. The predicted molar refractivity (Wildman–Crippen MR) is 83.3 cm³/mol. The zero-order valence-electron chi connectivity index (χ0n) is 11.5. The highest BCUT2D eigenvalue weighted by atomic mass is 79.9. The van der Waals surface area contributed by atoms with E-state index < -0.39 is 10.0 Å². The monoisotopic (exact) mass is 380 g/mol. The average molecular weight is 382 g/mol. The maximum atomic E-state index is 12.7. The molecule has 0 amide bonds. The molecule has 0 bridgehead atoms. The molecule has 0 saturated heterocycles. The van der Waals surface area contributed by atoms with Gasteiger partial charge in [-0.1, -0.05) is 31.4 Å². The second-order valence-electron chi connectivity index (χ2n) is 5.29. The highest BCUT2D eigenvalue weighted by molar-refractivity contribution is 9.10. The molecule has 1 aromatic rings. The molecule has 1 aliphatic rings. The van der Waals surface area contributed by atoms with Crippen molar-refractivity contribution in [2.75, 3.05) is 7.05 Å². The molecule has 1 aromatic heterocycles. The van der Waals surface area contributed by atoms with E-state index in [2.05, 4.69) is 27.8 Å². The molecule has 2 atom stereocenters. The summed E-state index contributed by atoms with van der Waals surface area (Å²) < 4.78 is 27.5. The Morgan fingerprint density at radius 3 is 2.70 bits per heavy atom. The Morgan fingerprint density at radius 1 is 1.40 bits per heavy atom. The highest BCUT2D eigenvalue weighted by Gasteiger charge is 2.34. The van der Waals surface area contributed by atoms with Crippen LogP contribution < -0.4 is 0 Å². The topological polar surface area (TPSA) is 50.3 Å². The van der Waals surface area contributed by atoms with E-state index in [9.17, 15) is 8.42 Å². The van der Waals surface area contributed by atoms with E-state index in [0.29, 0.717) is 10.4 Å². The SMILES string of the molecule is CC1CCCCC1N(C)S(=O)(=O)c1cc(Br)cnc1Cl. The fraction of sp³-hybridized carbons (Fsp3) is 0.615. The van der Waals surface area contributed by atoms with Crippen molar-refractivity contribution < 1.29 is 8.42 Å². The van der Waals surface area contributed by atoms with Crippen molar-refractivity contribution in [1.29, 1.82) is 0 Å². The second kappa shape index (κ2) is 6.30. The van der Waals surface area contributed by atoms with Crippen LogP contribution in [0.5, 0.6) is 0 Å². The fourth-order valence-electron chi connectivity index (χ4n) is 2.76. The quantitative estimate of drug-likeness (QED) is 0.750. The van der Waals surface area contributed by atoms with E-state index in [1.807, 2.05) is 0 Å². The molecule has 112 valence electrons. The Kier molecular flexibility index (Phi) is 5.10. The lowest BCUT2D eigenvalue weighted by atomic mass is 9.86. The molecule has 2 rings (SSSR count). The van der Waals surface area contributed by atoms with E-state index in [4.69, 9.17) is 11.6 Å². The highest BCUT2D eigenvalue weighted by Crippen LogP contribution is 2.32. The van der Waals surface area contributed by atoms with Crippen molar-refractivity contribution in [3.05, 3.63) is 21.9 Å². The summed E-state index contributed by atoms with van der Waals surface area (Å²) >= 11 is 9.20. The maximum absolute atomic E-state index is 12.7. The summed E-state index contributed by atoms with van der Waals surface area (Å²) in [5, 5.41) is 0.0171. The molecule has 1 aliphatic carbocycles. The van der Waals surface area contributed by atoms with Crippen LogP contribution in [0.2, 0.25) is 5.15 Å². The van der Waals surface area contributed by atoms with Gasteiger partial charge in [-0.25, -0.2) is 13.4 Å². The van der Waals surface area contributed by atoms with Crippen molar-refractivity contribution >= 4 is 37.6 Å². The number of pyridine rings is 1. The fourth-order valence-corrected chi connectivity index (χ4v) is 5.16. The first-order valence-corrected chi connectivity index (χ1v) is 9.24. The molecule has 0 N–H and O–H groups in total. The lowest BCUT2D eigenvalue weighted by Gasteiger charge is -2.35. The third-order valence-corrected chi connectivity index (χ3v) is 6.71. The lowest BCUT2D eigenvalue weighted by molar-refractivity contribution is 0.213. The number of sulfonamides is 1. The first-order valence-electron chi connectivity index (χ1n) is 6.63. The minimum Gasteiger partial charge on any atom is -0.242 e. The molecule has 4 nitrogen and oxygen atoms in total. The summed E-state index contributed by atoms with van der Waals surface area (Å²) in [6, 6.07) is 1.54. The standard InChI is InChI=1S/C13H18BrClN2O2S/c1-9-5-3-4-6-11(9)17(2)20(18,19)12-7-10(14)8-16-13(12)15/h7-9,11H,3-6H2,1-2H3. The Labute approximate surface area is 133 Å². The number of rotatable bonds is 3. The van der Waals surface area contributed by atoms with Crippen LogP contribution in [-0.4, -0.2) is 30.8 Å². The van der Waals surface area contributed by atoms with Crippen molar-refractivity contribution in [1.82, 2.24) is 9.29 Å². The van der Waals surface area contributed by atoms with Gasteiger partial charge in [0.15, 0.2) is 0 Å². The van der Waals surface area contributed by atoms with Crippen LogP contribution >= 0.6 is 27.5 Å². The van der Waals surface area contributed by atoms with Crippen molar-refractivity contribution in [3.8, 4) is 0 Å². The van der Waals surface area contributed by atoms with Gasteiger partial charge >= 0.3 is 0 Å². The molecule has 0 radical (unpaired) electrons. The predicted octanol–water partition coefficient (Wildman–Crippen LogP) is 3.70. The van der Waals surface area contributed by atoms with Crippen LogP contribution in [0.15, 0.2) is 21.6 Å². The first kappa shape index (κ1) is 16.2. The molecule has 1 heterocycles. The number of hydrogen-bond donors (Lipinski definition) is 0. The maximum Gasteiger partial charge on any atom is 0.246 e. The molecule has 0 aliphatic heterocycles. The van der Waals surface area contributed by atoms with Gasteiger partial charge in [-0.05, 0) is 40.8 Å². The molecule has 0 spiro atoms. The Morgan fingerprint density at radius 2 is 2.05 bits per heavy atom. The number of halogens is 2. The molecular formula is C13H18BrClN2O2S. The van der Waals surface area contributed by atoms with E-state index in [0.717, 1.165) is 19.3 Å². The van der Waals surface area contributed by atoms with Crippen LogP contribution in [0.25, 0.3) is 0 Å². The van der Waals surface area contributed by atoms with E-state index in [1.54, 1.807) is 7.05 Å². The molecule has 0 aromatic carbocycles. The normalized spacial score (nSPS) is 24.1. The third-order valence-electron chi connectivity index (χ3n) is 3.96.